The summed E-state index contributed by atoms with van der Waals surface area (Å²) in [6, 6.07) is 7.61. The van der Waals surface area contributed by atoms with E-state index in [0.717, 1.165) is 11.1 Å². The van der Waals surface area contributed by atoms with Gasteiger partial charge >= 0.3 is 6.03 Å². The molecule has 0 bridgehead atoms. The fourth-order valence-electron chi connectivity index (χ4n) is 1.66. The van der Waals surface area contributed by atoms with Crippen LogP contribution in [-0.2, 0) is 0 Å². The number of rotatable bonds is 4. The van der Waals surface area contributed by atoms with Crippen LogP contribution in [0.5, 0.6) is 0 Å². The van der Waals surface area contributed by atoms with Gasteiger partial charge in [-0.3, -0.25) is 0 Å². The van der Waals surface area contributed by atoms with Crippen molar-refractivity contribution in [3.05, 3.63) is 35.4 Å². The van der Waals surface area contributed by atoms with Crippen LogP contribution in [0, 0.1) is 11.8 Å². The molecule has 1 aromatic carbocycles. The number of hydrogen-bond donors (Lipinski definition) is 3. The molecule has 0 fully saturated rings. The van der Waals surface area contributed by atoms with E-state index in [2.05, 4.69) is 22.5 Å². The number of aliphatic hydroxyl groups is 1. The van der Waals surface area contributed by atoms with Gasteiger partial charge in [-0.05, 0) is 38.5 Å². The van der Waals surface area contributed by atoms with Gasteiger partial charge in [0.2, 0.25) is 0 Å². The highest BCUT2D eigenvalue weighted by molar-refractivity contribution is 5.74. The molecular formula is C16H22N2O2. The van der Waals surface area contributed by atoms with Crippen molar-refractivity contribution in [2.24, 2.45) is 0 Å². The molecule has 0 aromatic heterocycles. The minimum absolute atomic E-state index is 0.0619. The summed E-state index contributed by atoms with van der Waals surface area (Å²) in [5.74, 6) is 5.84. The first-order valence-electron chi connectivity index (χ1n) is 6.79. The van der Waals surface area contributed by atoms with Crippen molar-refractivity contribution >= 4 is 6.03 Å². The average Bonchev–Trinajstić information content (AvgIpc) is 2.38. The molecular weight excluding hydrogens is 252 g/mol. The number of hydrogen-bond acceptors (Lipinski definition) is 2. The summed E-state index contributed by atoms with van der Waals surface area (Å²) in [6.45, 7) is 5.86. The van der Waals surface area contributed by atoms with Gasteiger partial charge in [-0.2, -0.15) is 0 Å². The van der Waals surface area contributed by atoms with E-state index in [4.69, 9.17) is 5.11 Å². The van der Waals surface area contributed by atoms with Crippen LogP contribution in [0.15, 0.2) is 24.3 Å². The average molecular weight is 274 g/mol. The summed E-state index contributed by atoms with van der Waals surface area (Å²) in [4.78, 5) is 11.6. The molecule has 1 unspecified atom stereocenters. The van der Waals surface area contributed by atoms with Crippen LogP contribution in [-0.4, -0.2) is 23.8 Å². The monoisotopic (exact) mass is 274 g/mol. The Morgan fingerprint density at radius 3 is 2.40 bits per heavy atom. The van der Waals surface area contributed by atoms with Gasteiger partial charge in [-0.1, -0.05) is 24.0 Å². The molecule has 20 heavy (non-hydrogen) atoms. The van der Waals surface area contributed by atoms with Crippen molar-refractivity contribution in [3.63, 3.8) is 0 Å². The quantitative estimate of drug-likeness (QED) is 0.737. The van der Waals surface area contributed by atoms with Crippen LogP contribution in [0.3, 0.4) is 0 Å². The first kappa shape index (κ1) is 16.1. The van der Waals surface area contributed by atoms with E-state index >= 15 is 0 Å². The summed E-state index contributed by atoms with van der Waals surface area (Å²) >= 11 is 0. The highest BCUT2D eigenvalue weighted by Gasteiger charge is 2.09. The van der Waals surface area contributed by atoms with Crippen molar-refractivity contribution in [3.8, 4) is 11.8 Å². The highest BCUT2D eigenvalue weighted by Crippen LogP contribution is 2.12. The topological polar surface area (TPSA) is 61.4 Å². The van der Waals surface area contributed by atoms with Gasteiger partial charge in [0.1, 0.15) is 0 Å². The summed E-state index contributed by atoms with van der Waals surface area (Å²) in [6.07, 6.45) is 0.481. The molecule has 0 aliphatic heterocycles. The van der Waals surface area contributed by atoms with E-state index in [-0.39, 0.29) is 24.7 Å². The molecule has 0 radical (unpaired) electrons. The zero-order chi connectivity index (χ0) is 15.0. The van der Waals surface area contributed by atoms with Gasteiger partial charge < -0.3 is 15.7 Å². The molecule has 4 nitrogen and oxygen atoms in total. The molecule has 108 valence electrons. The lowest BCUT2D eigenvalue weighted by atomic mass is 10.1. The molecule has 3 N–H and O–H groups in total. The van der Waals surface area contributed by atoms with E-state index in [1.807, 2.05) is 45.0 Å². The maximum Gasteiger partial charge on any atom is 0.315 e. The van der Waals surface area contributed by atoms with Crippen molar-refractivity contribution < 1.29 is 9.90 Å². The lowest BCUT2D eigenvalue weighted by Crippen LogP contribution is -2.40. The fourth-order valence-corrected chi connectivity index (χ4v) is 1.66. The Balaban J connectivity index is 2.60. The number of nitrogens with one attached hydrogen (secondary N) is 2. The summed E-state index contributed by atoms with van der Waals surface area (Å²) in [5, 5.41) is 14.3. The molecule has 4 heteroatoms. The van der Waals surface area contributed by atoms with E-state index in [9.17, 15) is 4.79 Å². The zero-order valence-corrected chi connectivity index (χ0v) is 12.2. The van der Waals surface area contributed by atoms with Crippen molar-refractivity contribution in [1.82, 2.24) is 10.6 Å². The third-order valence-electron chi connectivity index (χ3n) is 2.65. The van der Waals surface area contributed by atoms with Gasteiger partial charge in [0.15, 0.2) is 0 Å². The van der Waals surface area contributed by atoms with Gasteiger partial charge in [0, 0.05) is 18.0 Å². The van der Waals surface area contributed by atoms with Crippen LogP contribution in [0.1, 0.15) is 44.4 Å². The molecule has 0 spiro atoms. The van der Waals surface area contributed by atoms with E-state index in [1.165, 1.54) is 0 Å². The molecule has 1 rings (SSSR count). The number of benzene rings is 1. The van der Waals surface area contributed by atoms with Crippen molar-refractivity contribution in [1.29, 1.82) is 0 Å². The SMILES string of the molecule is CC(C)NC(=O)NC(C)c1ccc(C#CCCO)cc1. The zero-order valence-electron chi connectivity index (χ0n) is 12.2. The normalized spacial score (nSPS) is 11.4. The van der Waals surface area contributed by atoms with E-state index < -0.39 is 0 Å². The largest absolute Gasteiger partial charge is 0.395 e. The molecule has 0 aliphatic rings. The Morgan fingerprint density at radius 2 is 1.85 bits per heavy atom. The lowest BCUT2D eigenvalue weighted by Gasteiger charge is -2.16. The number of carbonyl (C=O) groups is 1. The van der Waals surface area contributed by atoms with Crippen molar-refractivity contribution in [2.75, 3.05) is 6.61 Å². The fraction of sp³-hybridized carbons (Fsp3) is 0.438. The Hall–Kier alpha value is -1.99. The van der Waals surface area contributed by atoms with E-state index in [0.29, 0.717) is 6.42 Å². The van der Waals surface area contributed by atoms with Crippen LogP contribution < -0.4 is 10.6 Å². The molecule has 0 aliphatic carbocycles. The third kappa shape index (κ3) is 5.77. The minimum atomic E-state index is -0.167. The Bertz CT molecular complexity index is 483. The van der Waals surface area contributed by atoms with Gasteiger partial charge in [-0.25, -0.2) is 4.79 Å². The smallest absolute Gasteiger partial charge is 0.315 e. The second-order valence-corrected chi connectivity index (χ2v) is 4.89. The standard InChI is InChI=1S/C16H22N2O2/c1-12(2)17-16(20)18-13(3)15-9-7-14(8-10-15)6-4-5-11-19/h7-10,12-13,19H,5,11H2,1-3H3,(H2,17,18,20). The first-order chi connectivity index (χ1) is 9.52. The predicted molar refractivity (Wildman–Crippen MR) is 80.2 cm³/mol. The Labute approximate surface area is 120 Å². The highest BCUT2D eigenvalue weighted by atomic mass is 16.2. The van der Waals surface area contributed by atoms with Crippen LogP contribution in [0.2, 0.25) is 0 Å². The van der Waals surface area contributed by atoms with Crippen LogP contribution >= 0.6 is 0 Å². The number of aliphatic hydroxyl groups excluding tert-OH is 1. The summed E-state index contributed by atoms with van der Waals surface area (Å²) < 4.78 is 0. The molecule has 1 aromatic rings. The van der Waals surface area contributed by atoms with Crippen LogP contribution in [0.4, 0.5) is 4.79 Å². The Kier molecular flexibility index (Phi) is 6.61. The molecule has 0 heterocycles. The van der Waals surface area contributed by atoms with Gasteiger partial charge in [0.25, 0.3) is 0 Å². The molecule has 0 saturated heterocycles. The Morgan fingerprint density at radius 1 is 1.20 bits per heavy atom. The lowest BCUT2D eigenvalue weighted by molar-refractivity contribution is 0.235. The molecule has 0 saturated carbocycles. The van der Waals surface area contributed by atoms with Gasteiger partial charge in [0.05, 0.1) is 12.6 Å². The number of carbonyl (C=O) groups excluding carboxylic acids is 1. The first-order valence-corrected chi connectivity index (χ1v) is 6.79. The van der Waals surface area contributed by atoms with Crippen molar-refractivity contribution in [2.45, 2.75) is 39.3 Å². The number of amides is 2. The maximum absolute atomic E-state index is 11.6. The van der Waals surface area contributed by atoms with Crippen LogP contribution in [0.25, 0.3) is 0 Å². The second-order valence-electron chi connectivity index (χ2n) is 4.89. The predicted octanol–water partition coefficient (Wildman–Crippen LogP) is 2.19. The molecule has 1 atom stereocenters. The second kappa shape index (κ2) is 8.23. The van der Waals surface area contributed by atoms with Gasteiger partial charge in [-0.15, -0.1) is 0 Å². The minimum Gasteiger partial charge on any atom is -0.395 e. The summed E-state index contributed by atoms with van der Waals surface area (Å²) in [5.41, 5.74) is 1.93. The summed E-state index contributed by atoms with van der Waals surface area (Å²) in [7, 11) is 0. The maximum atomic E-state index is 11.6. The number of urea groups is 1. The van der Waals surface area contributed by atoms with E-state index in [1.54, 1.807) is 0 Å². The third-order valence-corrected chi connectivity index (χ3v) is 2.65. The molecule has 2 amide bonds.